The predicted octanol–water partition coefficient (Wildman–Crippen LogP) is 3.18. The van der Waals surface area contributed by atoms with E-state index in [0.717, 1.165) is 4.90 Å². The highest BCUT2D eigenvalue weighted by molar-refractivity contribution is 7.98. The van der Waals surface area contributed by atoms with E-state index in [1.54, 1.807) is 18.0 Å². The van der Waals surface area contributed by atoms with Crippen LogP contribution in [0.25, 0.3) is 0 Å². The fourth-order valence-corrected chi connectivity index (χ4v) is 2.68. The number of carbonyl (C=O) groups is 1. The lowest BCUT2D eigenvalue weighted by Crippen LogP contribution is -2.28. The number of nitrogens with one attached hydrogen (secondary N) is 3. The van der Waals surface area contributed by atoms with Crippen LogP contribution in [-0.4, -0.2) is 40.4 Å². The van der Waals surface area contributed by atoms with E-state index in [2.05, 4.69) is 31.1 Å². The van der Waals surface area contributed by atoms with Gasteiger partial charge in [0, 0.05) is 29.7 Å². The molecule has 0 atom stereocenters. The van der Waals surface area contributed by atoms with E-state index in [9.17, 15) is 4.79 Å². The molecule has 3 N–H and O–H groups in total. The molecule has 0 aliphatic heterocycles. The Morgan fingerprint density at radius 2 is 1.70 bits per heavy atom. The standard InChI is InChI=1S/C19H20N6OS/c1-27-15-7-5-14(6-8-15)19(26)22-13-12-21-17-9-10-18(25-24-17)23-16-4-2-3-11-20-16/h2-11H,12-13H2,1H3,(H,21,24)(H,22,26)(H,20,23,25). The molecule has 27 heavy (non-hydrogen) atoms. The van der Waals surface area contributed by atoms with Crippen molar-refractivity contribution in [2.75, 3.05) is 30.0 Å². The lowest BCUT2D eigenvalue weighted by molar-refractivity contribution is 0.0955. The van der Waals surface area contributed by atoms with Gasteiger partial charge in [0.15, 0.2) is 5.82 Å². The van der Waals surface area contributed by atoms with Crippen LogP contribution in [0.15, 0.2) is 65.7 Å². The van der Waals surface area contributed by atoms with Gasteiger partial charge in [-0.15, -0.1) is 22.0 Å². The number of amides is 1. The summed E-state index contributed by atoms with van der Waals surface area (Å²) < 4.78 is 0. The molecule has 0 saturated heterocycles. The van der Waals surface area contributed by atoms with Crippen LogP contribution >= 0.6 is 11.8 Å². The van der Waals surface area contributed by atoms with Gasteiger partial charge in [-0.1, -0.05) is 6.07 Å². The second-order valence-corrected chi connectivity index (χ2v) is 6.43. The van der Waals surface area contributed by atoms with Gasteiger partial charge < -0.3 is 16.0 Å². The van der Waals surface area contributed by atoms with Gasteiger partial charge in [0.1, 0.15) is 11.6 Å². The zero-order chi connectivity index (χ0) is 18.9. The summed E-state index contributed by atoms with van der Waals surface area (Å²) in [5, 5.41) is 17.3. The first-order valence-corrected chi connectivity index (χ1v) is 9.65. The highest BCUT2D eigenvalue weighted by Crippen LogP contribution is 2.15. The van der Waals surface area contributed by atoms with E-state index in [1.807, 2.05) is 60.9 Å². The first-order valence-electron chi connectivity index (χ1n) is 8.42. The van der Waals surface area contributed by atoms with Gasteiger partial charge in [-0.25, -0.2) is 4.98 Å². The van der Waals surface area contributed by atoms with Crippen molar-refractivity contribution in [3.8, 4) is 0 Å². The topological polar surface area (TPSA) is 91.8 Å². The van der Waals surface area contributed by atoms with Gasteiger partial charge in [0.05, 0.1) is 0 Å². The molecule has 1 aromatic carbocycles. The van der Waals surface area contributed by atoms with Gasteiger partial charge in [0.2, 0.25) is 0 Å². The van der Waals surface area contributed by atoms with Crippen molar-refractivity contribution in [1.82, 2.24) is 20.5 Å². The third kappa shape index (κ3) is 5.68. The number of pyridine rings is 1. The van der Waals surface area contributed by atoms with E-state index >= 15 is 0 Å². The molecule has 3 rings (SSSR count). The summed E-state index contributed by atoms with van der Waals surface area (Å²) in [5.74, 6) is 1.87. The van der Waals surface area contributed by atoms with Crippen LogP contribution in [0.5, 0.6) is 0 Å². The number of thioether (sulfide) groups is 1. The average Bonchev–Trinajstić information content (AvgIpc) is 2.73. The molecule has 0 unspecified atom stereocenters. The number of anilines is 3. The minimum absolute atomic E-state index is 0.0922. The fourth-order valence-electron chi connectivity index (χ4n) is 2.27. The van der Waals surface area contributed by atoms with Gasteiger partial charge in [0.25, 0.3) is 5.91 Å². The smallest absolute Gasteiger partial charge is 0.251 e. The summed E-state index contributed by atoms with van der Waals surface area (Å²) in [6.45, 7) is 1.04. The summed E-state index contributed by atoms with van der Waals surface area (Å²) in [7, 11) is 0. The lowest BCUT2D eigenvalue weighted by atomic mass is 10.2. The van der Waals surface area contributed by atoms with E-state index in [-0.39, 0.29) is 5.91 Å². The van der Waals surface area contributed by atoms with Crippen molar-refractivity contribution in [3.05, 3.63) is 66.4 Å². The van der Waals surface area contributed by atoms with E-state index < -0.39 is 0 Å². The molecule has 2 aromatic heterocycles. The highest BCUT2D eigenvalue weighted by Gasteiger charge is 2.04. The average molecular weight is 380 g/mol. The van der Waals surface area contributed by atoms with Crippen LogP contribution in [0.3, 0.4) is 0 Å². The van der Waals surface area contributed by atoms with E-state index in [4.69, 9.17) is 0 Å². The van der Waals surface area contributed by atoms with Gasteiger partial charge in [-0.2, -0.15) is 0 Å². The first-order chi connectivity index (χ1) is 13.2. The number of hydrogen-bond donors (Lipinski definition) is 3. The third-order valence-electron chi connectivity index (χ3n) is 3.65. The third-order valence-corrected chi connectivity index (χ3v) is 4.40. The van der Waals surface area contributed by atoms with Crippen LogP contribution in [0, 0.1) is 0 Å². The summed E-state index contributed by atoms with van der Waals surface area (Å²) in [6.07, 6.45) is 3.71. The maximum absolute atomic E-state index is 12.1. The SMILES string of the molecule is CSc1ccc(C(=O)NCCNc2ccc(Nc3ccccn3)nn2)cc1. The maximum Gasteiger partial charge on any atom is 0.251 e. The van der Waals surface area contributed by atoms with Gasteiger partial charge >= 0.3 is 0 Å². The van der Waals surface area contributed by atoms with Crippen LogP contribution in [0.4, 0.5) is 17.5 Å². The maximum atomic E-state index is 12.1. The van der Waals surface area contributed by atoms with Crippen LogP contribution in [-0.2, 0) is 0 Å². The normalized spacial score (nSPS) is 10.3. The van der Waals surface area contributed by atoms with Crippen LogP contribution < -0.4 is 16.0 Å². The molecule has 138 valence electrons. The molecule has 0 spiro atoms. The molecule has 0 aliphatic carbocycles. The second kappa shape index (κ2) is 9.54. The quantitative estimate of drug-likeness (QED) is 0.408. The van der Waals surface area contributed by atoms with Crippen molar-refractivity contribution in [3.63, 3.8) is 0 Å². The number of nitrogens with zero attached hydrogens (tertiary/aromatic N) is 3. The molecule has 0 radical (unpaired) electrons. The largest absolute Gasteiger partial charge is 0.367 e. The Labute approximate surface area is 162 Å². The Balaban J connectivity index is 1.41. The Bertz CT molecular complexity index is 856. The summed E-state index contributed by atoms with van der Waals surface area (Å²) in [6, 6.07) is 16.8. The van der Waals surface area contributed by atoms with Crippen molar-refractivity contribution in [2.24, 2.45) is 0 Å². The molecule has 8 heteroatoms. The van der Waals surface area contributed by atoms with Crippen molar-refractivity contribution in [1.29, 1.82) is 0 Å². The number of rotatable bonds is 8. The lowest BCUT2D eigenvalue weighted by Gasteiger charge is -2.08. The van der Waals surface area contributed by atoms with Crippen LogP contribution in [0.1, 0.15) is 10.4 Å². The molecular weight excluding hydrogens is 360 g/mol. The summed E-state index contributed by atoms with van der Waals surface area (Å²) in [4.78, 5) is 17.4. The molecule has 0 saturated carbocycles. The Hall–Kier alpha value is -3.13. The molecule has 0 aliphatic rings. The molecule has 7 nitrogen and oxygen atoms in total. The van der Waals surface area contributed by atoms with Crippen molar-refractivity contribution in [2.45, 2.75) is 4.90 Å². The predicted molar refractivity (Wildman–Crippen MR) is 109 cm³/mol. The molecule has 0 bridgehead atoms. The van der Waals surface area contributed by atoms with Crippen LogP contribution in [0.2, 0.25) is 0 Å². The monoisotopic (exact) mass is 380 g/mol. The summed E-state index contributed by atoms with van der Waals surface area (Å²) >= 11 is 1.65. The van der Waals surface area contributed by atoms with Crippen molar-refractivity contribution >= 4 is 35.1 Å². The minimum Gasteiger partial charge on any atom is -0.367 e. The number of aromatic nitrogens is 3. The van der Waals surface area contributed by atoms with E-state index in [0.29, 0.717) is 36.1 Å². The molecule has 1 amide bonds. The molecular formula is C19H20N6OS. The zero-order valence-corrected chi connectivity index (χ0v) is 15.7. The molecule has 3 aromatic rings. The van der Waals surface area contributed by atoms with Gasteiger partial charge in [-0.05, 0) is 54.8 Å². The van der Waals surface area contributed by atoms with Crippen molar-refractivity contribution < 1.29 is 4.79 Å². The number of benzene rings is 1. The fraction of sp³-hybridized carbons (Fsp3) is 0.158. The first kappa shape index (κ1) is 18.7. The second-order valence-electron chi connectivity index (χ2n) is 5.55. The van der Waals surface area contributed by atoms with Gasteiger partial charge in [-0.3, -0.25) is 4.79 Å². The Morgan fingerprint density at radius 1 is 0.926 bits per heavy atom. The Kier molecular flexibility index (Phi) is 6.59. The molecule has 0 fully saturated rings. The number of carbonyl (C=O) groups excluding carboxylic acids is 1. The molecule has 2 heterocycles. The highest BCUT2D eigenvalue weighted by atomic mass is 32.2. The number of hydrogen-bond acceptors (Lipinski definition) is 7. The zero-order valence-electron chi connectivity index (χ0n) is 14.8. The van der Waals surface area contributed by atoms with E-state index in [1.165, 1.54) is 0 Å². The summed E-state index contributed by atoms with van der Waals surface area (Å²) in [5.41, 5.74) is 0.651. The minimum atomic E-state index is -0.0922. The Morgan fingerprint density at radius 3 is 2.37 bits per heavy atom.